The number of likely N-dealkylation sites (tertiary alicyclic amines) is 1. The Morgan fingerprint density at radius 1 is 1.35 bits per heavy atom. The van der Waals surface area contributed by atoms with Crippen LogP contribution in [0.1, 0.15) is 40.9 Å². The zero-order chi connectivity index (χ0) is 18.1. The van der Waals surface area contributed by atoms with Crippen LogP contribution in [0.15, 0.2) is 30.5 Å². The number of hydrogen-bond donors (Lipinski definition) is 2. The number of carbonyl (C=O) groups is 2. The summed E-state index contributed by atoms with van der Waals surface area (Å²) in [6, 6.07) is 6.91. The van der Waals surface area contributed by atoms with E-state index in [2.05, 4.69) is 10.2 Å². The molecule has 7 nitrogen and oxygen atoms in total. The average Bonchev–Trinajstić information content (AvgIpc) is 3.25. The largest absolute Gasteiger partial charge is 0.484 e. The maximum Gasteiger partial charge on any atom is 0.255 e. The number of aromatic nitrogens is 2. The number of fused-ring (bicyclic) bond motifs is 2. The molecule has 1 atom stereocenters. The van der Waals surface area contributed by atoms with Crippen LogP contribution in [0.3, 0.4) is 0 Å². The van der Waals surface area contributed by atoms with Crippen LogP contribution in [-0.2, 0) is 16.6 Å². The van der Waals surface area contributed by atoms with Gasteiger partial charge < -0.3 is 15.4 Å². The predicted octanol–water partition coefficient (Wildman–Crippen LogP) is 1.39. The van der Waals surface area contributed by atoms with Gasteiger partial charge >= 0.3 is 0 Å². The van der Waals surface area contributed by atoms with Crippen molar-refractivity contribution in [1.29, 1.82) is 0 Å². The first-order valence-electron chi connectivity index (χ1n) is 8.91. The van der Waals surface area contributed by atoms with Gasteiger partial charge in [0.05, 0.1) is 6.20 Å². The number of carbonyl (C=O) groups excluding carboxylic acids is 2. The van der Waals surface area contributed by atoms with Crippen LogP contribution >= 0.6 is 0 Å². The van der Waals surface area contributed by atoms with Gasteiger partial charge in [-0.3, -0.25) is 14.7 Å². The van der Waals surface area contributed by atoms with Crippen molar-refractivity contribution in [1.82, 2.24) is 15.1 Å². The van der Waals surface area contributed by atoms with E-state index in [1.807, 2.05) is 11.1 Å². The second kappa shape index (κ2) is 6.48. The minimum absolute atomic E-state index is 0.000176. The molecule has 2 aromatic rings. The fourth-order valence-corrected chi connectivity index (χ4v) is 4.23. The number of benzene rings is 1. The molecule has 1 spiro atoms. The number of aromatic amines is 1. The van der Waals surface area contributed by atoms with Gasteiger partial charge in [0.1, 0.15) is 5.75 Å². The zero-order valence-electron chi connectivity index (χ0n) is 14.5. The van der Waals surface area contributed by atoms with Crippen molar-refractivity contribution in [3.8, 4) is 5.75 Å². The summed E-state index contributed by atoms with van der Waals surface area (Å²) in [6.45, 7) is 1.25. The number of ether oxygens (including phenoxy) is 1. The molecule has 0 saturated carbocycles. The standard InChI is InChI=1S/C19H22N4O3/c20-16(24)11-26-15-4-1-3-13(9-15)18(25)23-8-2-6-19(12-23)7-5-14-10-21-22-17(14)19/h1,3-4,9-10H,2,5-8,11-12H2,(H2,20,24)(H,21,22). The number of nitrogens with zero attached hydrogens (tertiary/aromatic N) is 2. The van der Waals surface area contributed by atoms with Gasteiger partial charge in [0, 0.05) is 29.8 Å². The van der Waals surface area contributed by atoms with Gasteiger partial charge in [-0.1, -0.05) is 6.07 Å². The van der Waals surface area contributed by atoms with E-state index in [-0.39, 0.29) is 17.9 Å². The molecule has 1 aliphatic heterocycles. The molecule has 1 aliphatic carbocycles. The quantitative estimate of drug-likeness (QED) is 0.866. The van der Waals surface area contributed by atoms with Gasteiger partial charge in [-0.05, 0) is 49.4 Å². The molecule has 1 unspecified atom stereocenters. The van der Waals surface area contributed by atoms with E-state index in [0.29, 0.717) is 17.9 Å². The predicted molar refractivity (Wildman–Crippen MR) is 94.9 cm³/mol. The van der Waals surface area contributed by atoms with Crippen molar-refractivity contribution in [2.45, 2.75) is 31.1 Å². The minimum atomic E-state index is -0.545. The molecule has 1 aromatic heterocycles. The highest BCUT2D eigenvalue weighted by molar-refractivity contribution is 5.94. The molecule has 0 radical (unpaired) electrons. The number of nitrogens with two attached hydrogens (primary N) is 1. The normalized spacial score (nSPS) is 21.6. The van der Waals surface area contributed by atoms with E-state index >= 15 is 0 Å². The molecule has 1 fully saturated rings. The number of primary amides is 1. The van der Waals surface area contributed by atoms with Crippen LogP contribution in [0.2, 0.25) is 0 Å². The molecular formula is C19H22N4O3. The zero-order valence-corrected chi connectivity index (χ0v) is 14.5. The van der Waals surface area contributed by atoms with Gasteiger partial charge in [-0.2, -0.15) is 5.10 Å². The lowest BCUT2D eigenvalue weighted by molar-refractivity contribution is -0.119. The number of rotatable bonds is 4. The molecule has 1 saturated heterocycles. The first-order valence-corrected chi connectivity index (χ1v) is 8.91. The smallest absolute Gasteiger partial charge is 0.255 e. The highest BCUT2D eigenvalue weighted by Gasteiger charge is 2.44. The first-order chi connectivity index (χ1) is 12.6. The van der Waals surface area contributed by atoms with Gasteiger partial charge in [0.25, 0.3) is 11.8 Å². The maximum atomic E-state index is 13.0. The topological polar surface area (TPSA) is 101 Å². The Morgan fingerprint density at radius 2 is 2.23 bits per heavy atom. The van der Waals surface area contributed by atoms with Crippen LogP contribution in [0.25, 0.3) is 0 Å². The first kappa shape index (κ1) is 16.6. The van der Waals surface area contributed by atoms with Crippen molar-refractivity contribution in [3.63, 3.8) is 0 Å². The molecule has 2 amide bonds. The number of H-pyrrole nitrogens is 1. The van der Waals surface area contributed by atoms with Gasteiger partial charge in [0.15, 0.2) is 6.61 Å². The van der Waals surface area contributed by atoms with E-state index in [1.165, 1.54) is 11.3 Å². The molecule has 2 aliphatic rings. The Morgan fingerprint density at radius 3 is 3.08 bits per heavy atom. The summed E-state index contributed by atoms with van der Waals surface area (Å²) < 4.78 is 5.32. The Kier molecular flexibility index (Phi) is 4.14. The fraction of sp³-hybridized carbons (Fsp3) is 0.421. The summed E-state index contributed by atoms with van der Waals surface area (Å²) in [6.07, 6.45) is 6.03. The molecule has 26 heavy (non-hydrogen) atoms. The molecule has 7 heteroatoms. The number of amides is 2. The molecule has 3 N–H and O–H groups in total. The van der Waals surface area contributed by atoms with Gasteiger partial charge in [-0.25, -0.2) is 0 Å². The van der Waals surface area contributed by atoms with Crippen LogP contribution in [0.5, 0.6) is 5.75 Å². The molecule has 136 valence electrons. The van der Waals surface area contributed by atoms with Crippen molar-refractivity contribution >= 4 is 11.8 Å². The number of aryl methyl sites for hydroxylation is 1. The number of hydrogen-bond acceptors (Lipinski definition) is 4. The van der Waals surface area contributed by atoms with Crippen molar-refractivity contribution in [3.05, 3.63) is 47.3 Å². The monoisotopic (exact) mass is 354 g/mol. The lowest BCUT2D eigenvalue weighted by atomic mass is 9.77. The summed E-state index contributed by atoms with van der Waals surface area (Å²) in [5, 5.41) is 7.35. The van der Waals surface area contributed by atoms with E-state index in [0.717, 1.165) is 32.2 Å². The maximum absolute atomic E-state index is 13.0. The third-order valence-electron chi connectivity index (χ3n) is 5.45. The van der Waals surface area contributed by atoms with Crippen molar-refractivity contribution in [2.24, 2.45) is 5.73 Å². The van der Waals surface area contributed by atoms with Crippen LogP contribution < -0.4 is 10.5 Å². The fourth-order valence-electron chi connectivity index (χ4n) is 4.23. The SMILES string of the molecule is NC(=O)COc1cccc(C(=O)N2CCCC3(CCc4cn[nH]c43)C2)c1. The summed E-state index contributed by atoms with van der Waals surface area (Å²) in [7, 11) is 0. The highest BCUT2D eigenvalue weighted by atomic mass is 16.5. The summed E-state index contributed by atoms with van der Waals surface area (Å²) in [5.41, 5.74) is 8.15. The van der Waals surface area contributed by atoms with Crippen LogP contribution in [-0.4, -0.2) is 46.6 Å². The Bertz CT molecular complexity index is 847. The van der Waals surface area contributed by atoms with Crippen LogP contribution in [0.4, 0.5) is 0 Å². The molecule has 1 aromatic carbocycles. The molecular weight excluding hydrogens is 332 g/mol. The second-order valence-electron chi connectivity index (χ2n) is 7.16. The summed E-state index contributed by atoms with van der Waals surface area (Å²) >= 11 is 0. The lowest BCUT2D eigenvalue weighted by Crippen LogP contribution is -2.47. The van der Waals surface area contributed by atoms with E-state index < -0.39 is 5.91 Å². The molecule has 4 rings (SSSR count). The summed E-state index contributed by atoms with van der Waals surface area (Å²) in [5.74, 6) is -0.0871. The minimum Gasteiger partial charge on any atom is -0.484 e. The van der Waals surface area contributed by atoms with Gasteiger partial charge in [0.2, 0.25) is 0 Å². The van der Waals surface area contributed by atoms with E-state index in [9.17, 15) is 9.59 Å². The lowest BCUT2D eigenvalue weighted by Gasteiger charge is -2.40. The number of piperidine rings is 1. The van der Waals surface area contributed by atoms with Gasteiger partial charge in [-0.15, -0.1) is 0 Å². The second-order valence-corrected chi connectivity index (χ2v) is 7.16. The molecule has 0 bridgehead atoms. The Hall–Kier alpha value is -2.83. The van der Waals surface area contributed by atoms with Crippen LogP contribution in [0, 0.1) is 0 Å². The number of nitrogens with one attached hydrogen (secondary N) is 1. The Balaban J connectivity index is 1.52. The van der Waals surface area contributed by atoms with Crippen molar-refractivity contribution in [2.75, 3.05) is 19.7 Å². The van der Waals surface area contributed by atoms with E-state index in [4.69, 9.17) is 10.5 Å². The summed E-state index contributed by atoms with van der Waals surface area (Å²) in [4.78, 5) is 25.8. The van der Waals surface area contributed by atoms with Crippen molar-refractivity contribution < 1.29 is 14.3 Å². The third-order valence-corrected chi connectivity index (χ3v) is 5.45. The Labute approximate surface area is 151 Å². The third kappa shape index (κ3) is 2.94. The van der Waals surface area contributed by atoms with E-state index in [1.54, 1.807) is 24.3 Å². The molecule has 2 heterocycles. The average molecular weight is 354 g/mol. The highest BCUT2D eigenvalue weighted by Crippen LogP contribution is 2.44.